The molecule has 0 saturated heterocycles. The Morgan fingerprint density at radius 3 is 2.45 bits per heavy atom. The molecule has 0 spiro atoms. The Bertz CT molecular complexity index is 140. The zero-order chi connectivity index (χ0) is 7.82. The molecule has 6 heteroatoms. The van der Waals surface area contributed by atoms with E-state index in [4.69, 9.17) is 10.9 Å². The monoisotopic (exact) mass is 197 g/mol. The van der Waals surface area contributed by atoms with Gasteiger partial charge in [-0.2, -0.15) is 0 Å². The molecule has 1 aliphatic rings. The lowest BCUT2D eigenvalue weighted by molar-refractivity contribution is 0.194. The van der Waals surface area contributed by atoms with Gasteiger partial charge in [-0.25, -0.2) is 5.48 Å². The summed E-state index contributed by atoms with van der Waals surface area (Å²) in [4.78, 5) is 0. The fourth-order valence-corrected chi connectivity index (χ4v) is 0.748. The lowest BCUT2D eigenvalue weighted by Gasteiger charge is -2.02. The van der Waals surface area contributed by atoms with E-state index in [1.54, 1.807) is 5.48 Å². The van der Waals surface area contributed by atoms with Gasteiger partial charge in [0.15, 0.2) is 0 Å². The minimum Gasteiger partial charge on any atom is -0.385 e. The molecule has 0 aromatic carbocycles. The second kappa shape index (κ2) is 9.64. The molecule has 0 amide bonds. The maximum atomic E-state index is 7.32. The fraction of sp³-hybridized carbons (Fsp3) is 0.200. The van der Waals surface area contributed by atoms with E-state index in [9.17, 15) is 0 Å². The van der Waals surface area contributed by atoms with Crippen LogP contribution in [0.5, 0.6) is 0 Å². The molecule has 1 rings (SSSR count). The average Bonchev–Trinajstić information content (AvgIpc) is 1.91. The first-order chi connectivity index (χ1) is 4.81. The van der Waals surface area contributed by atoms with Crippen LogP contribution in [0.15, 0.2) is 23.4 Å². The third-order valence-electron chi connectivity index (χ3n) is 0.599. The summed E-state index contributed by atoms with van der Waals surface area (Å²) in [6, 6.07) is 0. The summed E-state index contributed by atoms with van der Waals surface area (Å²) in [5.74, 6) is 0.715. The minimum absolute atomic E-state index is 0. The maximum Gasteiger partial charge on any atom is 0.106 e. The highest BCUT2D eigenvalue weighted by molar-refractivity contribution is 8.00. The largest absolute Gasteiger partial charge is 0.385 e. The van der Waals surface area contributed by atoms with Gasteiger partial charge in [-0.05, 0) is 23.4 Å². The molecule has 0 atom stereocenters. The van der Waals surface area contributed by atoms with Crippen LogP contribution in [0.3, 0.4) is 0 Å². The molecule has 0 aliphatic carbocycles. The summed E-state index contributed by atoms with van der Waals surface area (Å²) in [6.45, 7) is 0. The van der Waals surface area contributed by atoms with Crippen LogP contribution < -0.4 is 15.9 Å². The molecule has 0 unspecified atom stereocenters. The van der Waals surface area contributed by atoms with Crippen molar-refractivity contribution >= 4 is 24.4 Å². The van der Waals surface area contributed by atoms with Crippen LogP contribution in [0.4, 0.5) is 0 Å². The van der Waals surface area contributed by atoms with Crippen molar-refractivity contribution in [3.05, 3.63) is 23.4 Å². The highest BCUT2D eigenvalue weighted by Crippen LogP contribution is 2.02. The number of nitrogens with two attached hydrogens (primary N) is 1. The van der Waals surface area contributed by atoms with Gasteiger partial charge in [0.05, 0.1) is 0 Å². The molecule has 0 saturated carbocycles. The van der Waals surface area contributed by atoms with Crippen molar-refractivity contribution in [2.45, 2.75) is 0 Å². The Labute approximate surface area is 76.4 Å². The molecule has 0 radical (unpaired) electrons. The fourth-order valence-electron chi connectivity index (χ4n) is 0.318. The normalized spacial score (nSPS) is 13.1. The Morgan fingerprint density at radius 2 is 2.27 bits per heavy atom. The van der Waals surface area contributed by atoms with Gasteiger partial charge in [-0.3, -0.25) is 0 Å². The molecule has 0 bridgehead atoms. The molecule has 66 valence electrons. The standard InChI is InChI=1S/C4H6N2S.CH5NO.ClH/c5-4-2-1-3-7-6-4;1-2-3;/h1-3,6H,5H2;2-3H,1H3;1H. The number of hydrogen-bond donors (Lipinski definition) is 4. The van der Waals surface area contributed by atoms with Gasteiger partial charge in [-0.1, -0.05) is 6.08 Å². The number of nitrogens with one attached hydrogen (secondary N) is 2. The number of hydroxylamine groups is 1. The number of allylic oxidation sites excluding steroid dienone is 2. The Kier molecular flexibility index (Phi) is 11.6. The Morgan fingerprint density at radius 1 is 1.73 bits per heavy atom. The van der Waals surface area contributed by atoms with E-state index in [-0.39, 0.29) is 12.4 Å². The summed E-state index contributed by atoms with van der Waals surface area (Å²) in [7, 11) is 1.43. The summed E-state index contributed by atoms with van der Waals surface area (Å²) < 4.78 is 2.85. The van der Waals surface area contributed by atoms with E-state index in [1.165, 1.54) is 19.0 Å². The van der Waals surface area contributed by atoms with Crippen molar-refractivity contribution in [1.82, 2.24) is 10.2 Å². The first-order valence-corrected chi connectivity index (χ1v) is 3.54. The molecular weight excluding hydrogens is 186 g/mol. The Hall–Kier alpha value is -0.360. The molecule has 0 fully saturated rings. The highest BCUT2D eigenvalue weighted by atomic mass is 35.5. The topological polar surface area (TPSA) is 70.3 Å². The van der Waals surface area contributed by atoms with E-state index in [1.807, 2.05) is 17.6 Å². The van der Waals surface area contributed by atoms with Crippen molar-refractivity contribution in [1.29, 1.82) is 0 Å². The third kappa shape index (κ3) is 9.64. The number of halogens is 1. The van der Waals surface area contributed by atoms with Gasteiger partial charge in [0.25, 0.3) is 0 Å². The lowest BCUT2D eigenvalue weighted by atomic mass is 10.5. The van der Waals surface area contributed by atoms with Crippen LogP contribution in [-0.2, 0) is 0 Å². The van der Waals surface area contributed by atoms with Gasteiger partial charge in [-0.15, -0.1) is 12.4 Å². The predicted molar refractivity (Wildman–Crippen MR) is 50.2 cm³/mol. The van der Waals surface area contributed by atoms with Gasteiger partial charge >= 0.3 is 0 Å². The molecule has 0 aromatic heterocycles. The molecular formula is C5H12ClN3OS. The number of hydrogen-bond acceptors (Lipinski definition) is 5. The summed E-state index contributed by atoms with van der Waals surface area (Å²) >= 11 is 1.48. The van der Waals surface area contributed by atoms with Crippen LogP contribution in [0.25, 0.3) is 0 Å². The SMILES string of the molecule is CNO.Cl.NC1=CC=CSN1. The quantitative estimate of drug-likeness (QED) is 0.338. The van der Waals surface area contributed by atoms with E-state index < -0.39 is 0 Å². The van der Waals surface area contributed by atoms with Crippen LogP contribution in [-0.4, -0.2) is 12.3 Å². The van der Waals surface area contributed by atoms with Gasteiger partial charge in [0, 0.05) is 7.05 Å². The average molecular weight is 198 g/mol. The van der Waals surface area contributed by atoms with Crippen LogP contribution >= 0.6 is 24.4 Å². The molecule has 1 heterocycles. The third-order valence-corrected chi connectivity index (χ3v) is 1.25. The maximum absolute atomic E-state index is 7.32. The first-order valence-electron chi connectivity index (χ1n) is 2.66. The molecule has 11 heavy (non-hydrogen) atoms. The van der Waals surface area contributed by atoms with Crippen LogP contribution in [0.1, 0.15) is 0 Å². The molecule has 4 nitrogen and oxygen atoms in total. The Balaban J connectivity index is 0. The second-order valence-electron chi connectivity index (χ2n) is 1.39. The minimum atomic E-state index is 0. The van der Waals surface area contributed by atoms with Crippen molar-refractivity contribution in [2.75, 3.05) is 7.05 Å². The van der Waals surface area contributed by atoms with Crippen molar-refractivity contribution in [3.8, 4) is 0 Å². The zero-order valence-electron chi connectivity index (χ0n) is 6.07. The van der Waals surface area contributed by atoms with Gasteiger partial charge in [0.2, 0.25) is 0 Å². The predicted octanol–water partition coefficient (Wildman–Crippen LogP) is 0.568. The molecule has 0 aromatic rings. The lowest BCUT2D eigenvalue weighted by Crippen LogP contribution is -2.12. The number of rotatable bonds is 0. The summed E-state index contributed by atoms with van der Waals surface area (Å²) in [5, 5.41) is 9.25. The van der Waals surface area contributed by atoms with E-state index in [0.29, 0.717) is 5.82 Å². The molecule has 5 N–H and O–H groups in total. The zero-order valence-corrected chi connectivity index (χ0v) is 7.71. The molecule has 1 aliphatic heterocycles. The highest BCUT2D eigenvalue weighted by Gasteiger charge is 1.86. The summed E-state index contributed by atoms with van der Waals surface area (Å²) in [6.07, 6.45) is 3.72. The van der Waals surface area contributed by atoms with Crippen molar-refractivity contribution in [2.24, 2.45) is 5.73 Å². The van der Waals surface area contributed by atoms with Crippen LogP contribution in [0.2, 0.25) is 0 Å². The van der Waals surface area contributed by atoms with Crippen molar-refractivity contribution in [3.63, 3.8) is 0 Å². The first kappa shape index (κ1) is 13.2. The van der Waals surface area contributed by atoms with Gasteiger partial charge < -0.3 is 15.7 Å². The van der Waals surface area contributed by atoms with Crippen LogP contribution in [0, 0.1) is 0 Å². The summed E-state index contributed by atoms with van der Waals surface area (Å²) in [5.41, 5.74) is 7.06. The second-order valence-corrected chi connectivity index (χ2v) is 2.11. The van der Waals surface area contributed by atoms with E-state index in [2.05, 4.69) is 4.72 Å². The van der Waals surface area contributed by atoms with E-state index in [0.717, 1.165) is 0 Å². The smallest absolute Gasteiger partial charge is 0.106 e. The van der Waals surface area contributed by atoms with Crippen molar-refractivity contribution < 1.29 is 5.21 Å². The van der Waals surface area contributed by atoms with Gasteiger partial charge in [0.1, 0.15) is 5.82 Å². The van der Waals surface area contributed by atoms with E-state index >= 15 is 0 Å².